The van der Waals surface area contributed by atoms with Crippen molar-refractivity contribution in [3.8, 4) is 0 Å². The predicted molar refractivity (Wildman–Crippen MR) is 74.9 cm³/mol. The van der Waals surface area contributed by atoms with Crippen LogP contribution in [-0.4, -0.2) is 42.1 Å². The number of nitrogens with zero attached hydrogens (tertiary/aromatic N) is 2. The van der Waals surface area contributed by atoms with E-state index in [9.17, 15) is 26.4 Å². The molecule has 10 heteroatoms. The van der Waals surface area contributed by atoms with Gasteiger partial charge >= 0.3 is 12.1 Å². The van der Waals surface area contributed by atoms with Gasteiger partial charge in [0.25, 0.3) is 0 Å². The van der Waals surface area contributed by atoms with Crippen molar-refractivity contribution in [1.29, 1.82) is 0 Å². The van der Waals surface area contributed by atoms with Gasteiger partial charge in [-0.15, -0.1) is 0 Å². The van der Waals surface area contributed by atoms with Crippen molar-refractivity contribution >= 4 is 27.3 Å². The minimum atomic E-state index is -4.66. The van der Waals surface area contributed by atoms with Crippen LogP contribution in [0.4, 0.5) is 19.0 Å². The lowest BCUT2D eigenvalue weighted by Gasteiger charge is -2.23. The van der Waals surface area contributed by atoms with Gasteiger partial charge < -0.3 is 5.11 Å². The molecule has 1 N–H and O–H groups in total. The number of sulfone groups is 1. The van der Waals surface area contributed by atoms with Crippen LogP contribution in [0.5, 0.6) is 0 Å². The topological polar surface area (TPSA) is 96.7 Å². The molecule has 0 saturated heterocycles. The standard InChI is InChI=1S/C13H13F3N2O4S/c1-3-23(21,22)8-5-7-4-6(2)10(13(14,15)16)18-11(7)17-9(8)12(19)20/h5-6H,3-4H2,1-2H3,(H,19,20). The van der Waals surface area contributed by atoms with E-state index in [1.54, 1.807) is 0 Å². The van der Waals surface area contributed by atoms with Crippen LogP contribution in [0.1, 0.15) is 29.9 Å². The molecule has 0 radical (unpaired) electrons. The highest BCUT2D eigenvalue weighted by Gasteiger charge is 2.41. The number of hydrogen-bond donors (Lipinski definition) is 1. The summed E-state index contributed by atoms with van der Waals surface area (Å²) in [5.41, 5.74) is -1.69. The average Bonchev–Trinajstić information content (AvgIpc) is 2.43. The summed E-state index contributed by atoms with van der Waals surface area (Å²) in [6.45, 7) is 2.65. The van der Waals surface area contributed by atoms with Crippen LogP contribution in [0.15, 0.2) is 16.0 Å². The molecule has 0 saturated carbocycles. The summed E-state index contributed by atoms with van der Waals surface area (Å²) in [5, 5.41) is 9.11. The van der Waals surface area contributed by atoms with Gasteiger partial charge in [0.05, 0.1) is 5.75 Å². The molecular formula is C13H13F3N2O4S. The second kappa shape index (κ2) is 5.59. The van der Waals surface area contributed by atoms with Crippen LogP contribution in [0.2, 0.25) is 0 Å². The molecule has 1 aliphatic rings. The average molecular weight is 350 g/mol. The van der Waals surface area contributed by atoms with Gasteiger partial charge in [-0.25, -0.2) is 23.2 Å². The van der Waals surface area contributed by atoms with E-state index in [4.69, 9.17) is 5.11 Å². The quantitative estimate of drug-likeness (QED) is 0.903. The number of pyridine rings is 1. The van der Waals surface area contributed by atoms with Crippen LogP contribution < -0.4 is 0 Å². The van der Waals surface area contributed by atoms with E-state index >= 15 is 0 Å². The fraction of sp³-hybridized carbons (Fsp3) is 0.462. The van der Waals surface area contributed by atoms with Crippen LogP contribution in [-0.2, 0) is 16.3 Å². The minimum absolute atomic E-state index is 0.118. The number of rotatable bonds is 3. The molecule has 0 aromatic carbocycles. The zero-order valence-corrected chi connectivity index (χ0v) is 13.0. The van der Waals surface area contributed by atoms with Crippen molar-refractivity contribution in [3.63, 3.8) is 0 Å². The number of aromatic carboxylic acids is 1. The lowest BCUT2D eigenvalue weighted by atomic mass is 9.93. The normalized spacial score (nSPS) is 18.3. The summed E-state index contributed by atoms with van der Waals surface area (Å²) >= 11 is 0. The Hall–Kier alpha value is -1.97. The molecule has 1 aromatic heterocycles. The van der Waals surface area contributed by atoms with Gasteiger partial charge in [0.2, 0.25) is 0 Å². The van der Waals surface area contributed by atoms with Gasteiger partial charge in [0.15, 0.2) is 21.3 Å². The predicted octanol–water partition coefficient (Wildman–Crippen LogP) is 2.40. The highest BCUT2D eigenvalue weighted by molar-refractivity contribution is 7.91. The summed E-state index contributed by atoms with van der Waals surface area (Å²) in [7, 11) is -3.88. The molecule has 1 unspecified atom stereocenters. The number of aromatic nitrogens is 1. The molecule has 23 heavy (non-hydrogen) atoms. The number of fused-ring (bicyclic) bond motifs is 1. The fourth-order valence-corrected chi connectivity index (χ4v) is 3.37. The van der Waals surface area contributed by atoms with Crippen molar-refractivity contribution < 1.29 is 31.5 Å². The minimum Gasteiger partial charge on any atom is -0.476 e. The highest BCUT2D eigenvalue weighted by atomic mass is 32.2. The molecule has 2 heterocycles. The number of aliphatic imine (C=N–C) groups is 1. The van der Waals surface area contributed by atoms with Crippen LogP contribution in [0.3, 0.4) is 0 Å². The largest absolute Gasteiger partial charge is 0.476 e. The lowest BCUT2D eigenvalue weighted by Crippen LogP contribution is -2.32. The zero-order chi connectivity index (χ0) is 17.6. The van der Waals surface area contributed by atoms with Crippen molar-refractivity contribution in [1.82, 2.24) is 4.98 Å². The molecule has 0 amide bonds. The summed E-state index contributed by atoms with van der Waals surface area (Å²) in [5.74, 6) is -3.36. The summed E-state index contributed by atoms with van der Waals surface area (Å²) < 4.78 is 62.7. The Labute approximate surface area is 130 Å². The third-order valence-electron chi connectivity index (χ3n) is 3.47. The molecule has 126 valence electrons. The van der Waals surface area contributed by atoms with E-state index in [0.717, 1.165) is 6.07 Å². The molecule has 6 nitrogen and oxygen atoms in total. The summed E-state index contributed by atoms with van der Waals surface area (Å²) in [6.07, 6.45) is -4.77. The first-order valence-corrected chi connectivity index (χ1v) is 8.28. The molecule has 0 spiro atoms. The van der Waals surface area contributed by atoms with Gasteiger partial charge in [-0.1, -0.05) is 13.8 Å². The maximum atomic E-state index is 12.9. The Kier molecular flexibility index (Phi) is 4.22. The number of carbonyl (C=O) groups is 1. The Bertz CT molecular complexity index is 800. The first-order valence-electron chi connectivity index (χ1n) is 6.63. The monoisotopic (exact) mass is 350 g/mol. The third-order valence-corrected chi connectivity index (χ3v) is 5.21. The molecule has 1 aliphatic heterocycles. The van der Waals surface area contributed by atoms with Crippen LogP contribution in [0, 0.1) is 5.92 Å². The van der Waals surface area contributed by atoms with Crippen LogP contribution >= 0.6 is 0 Å². The molecule has 0 fully saturated rings. The van der Waals surface area contributed by atoms with E-state index in [2.05, 4.69) is 9.98 Å². The number of carboxylic acid groups (broad SMARTS) is 1. The first-order chi connectivity index (χ1) is 10.5. The molecule has 2 rings (SSSR count). The van der Waals surface area contributed by atoms with Gasteiger partial charge in [-0.2, -0.15) is 13.2 Å². The third kappa shape index (κ3) is 3.21. The van der Waals surface area contributed by atoms with Gasteiger partial charge in [0, 0.05) is 5.92 Å². The van der Waals surface area contributed by atoms with E-state index in [1.807, 2.05) is 0 Å². The summed E-state index contributed by atoms with van der Waals surface area (Å²) in [4.78, 5) is 17.7. The SMILES string of the molecule is CCS(=O)(=O)c1cc2c(nc1C(=O)O)N=C(C(F)(F)F)C(C)C2. The van der Waals surface area contributed by atoms with Crippen molar-refractivity contribution in [2.45, 2.75) is 31.3 Å². The molecule has 0 bridgehead atoms. The van der Waals surface area contributed by atoms with Crippen molar-refractivity contribution in [2.75, 3.05) is 5.75 Å². The van der Waals surface area contributed by atoms with Gasteiger partial charge in [0.1, 0.15) is 10.6 Å². The Balaban J connectivity index is 2.73. The zero-order valence-electron chi connectivity index (χ0n) is 12.2. The highest BCUT2D eigenvalue weighted by Crippen LogP contribution is 2.35. The number of carboxylic acids is 1. The van der Waals surface area contributed by atoms with E-state index in [1.165, 1.54) is 13.8 Å². The summed E-state index contributed by atoms with van der Waals surface area (Å²) in [6, 6.07) is 1.07. The number of hydrogen-bond acceptors (Lipinski definition) is 5. The first kappa shape index (κ1) is 17.4. The Morgan fingerprint density at radius 1 is 1.43 bits per heavy atom. The van der Waals surface area contributed by atoms with E-state index < -0.39 is 50.0 Å². The van der Waals surface area contributed by atoms with Gasteiger partial charge in [-0.3, -0.25) is 0 Å². The number of halogens is 3. The molecular weight excluding hydrogens is 337 g/mol. The van der Waals surface area contributed by atoms with Crippen LogP contribution in [0.25, 0.3) is 0 Å². The Morgan fingerprint density at radius 2 is 2.04 bits per heavy atom. The second-order valence-electron chi connectivity index (χ2n) is 5.13. The maximum absolute atomic E-state index is 12.9. The molecule has 0 aliphatic carbocycles. The molecule has 1 aromatic rings. The second-order valence-corrected chi connectivity index (χ2v) is 7.37. The number of alkyl halides is 3. The van der Waals surface area contributed by atoms with Gasteiger partial charge in [-0.05, 0) is 18.1 Å². The van der Waals surface area contributed by atoms with Crippen molar-refractivity contribution in [2.24, 2.45) is 10.9 Å². The van der Waals surface area contributed by atoms with E-state index in [-0.39, 0.29) is 17.7 Å². The Morgan fingerprint density at radius 3 is 2.52 bits per heavy atom. The maximum Gasteiger partial charge on any atom is 0.429 e. The smallest absolute Gasteiger partial charge is 0.429 e. The molecule has 1 atom stereocenters. The van der Waals surface area contributed by atoms with Crippen molar-refractivity contribution in [3.05, 3.63) is 17.3 Å². The van der Waals surface area contributed by atoms with E-state index in [0.29, 0.717) is 0 Å². The lowest BCUT2D eigenvalue weighted by molar-refractivity contribution is -0.0627. The fourth-order valence-electron chi connectivity index (χ4n) is 2.31.